The minimum Gasteiger partial charge on any atom is -0.466 e. The zero-order valence-electron chi connectivity index (χ0n) is 44.0. The van der Waals surface area contributed by atoms with Gasteiger partial charge in [-0.2, -0.15) is 0 Å². The van der Waals surface area contributed by atoms with Crippen molar-refractivity contribution in [3.63, 3.8) is 0 Å². The predicted molar refractivity (Wildman–Crippen MR) is 283 cm³/mol. The molecule has 0 radical (unpaired) electrons. The average Bonchev–Trinajstić information content (AvgIpc) is 3.31. The predicted octanol–water partition coefficient (Wildman–Crippen LogP) is 18.1. The summed E-state index contributed by atoms with van der Waals surface area (Å²) in [6.07, 6.45) is 65.2. The highest BCUT2D eigenvalue weighted by Crippen LogP contribution is 2.18. The first-order chi connectivity index (χ1) is 32.0. The normalized spacial score (nSPS) is 12.6. The van der Waals surface area contributed by atoms with E-state index in [9.17, 15) is 19.8 Å². The summed E-state index contributed by atoms with van der Waals surface area (Å²) in [6.45, 7) is 4.87. The summed E-state index contributed by atoms with van der Waals surface area (Å²) in [5, 5.41) is 23.2. The number of aliphatic hydroxyl groups excluding tert-OH is 2. The molecule has 65 heavy (non-hydrogen) atoms. The van der Waals surface area contributed by atoms with Crippen molar-refractivity contribution in [2.75, 3.05) is 13.2 Å². The second-order valence-electron chi connectivity index (χ2n) is 20.3. The lowest BCUT2D eigenvalue weighted by atomic mass is 10.0. The Bertz CT molecular complexity index is 970. The number of carbonyl (C=O) groups is 2. The number of allylic oxidation sites excluding steroid dienone is 1. The van der Waals surface area contributed by atoms with Crippen LogP contribution < -0.4 is 5.32 Å². The van der Waals surface area contributed by atoms with Crippen LogP contribution in [0.4, 0.5) is 0 Å². The molecule has 0 aliphatic heterocycles. The number of hydrogen-bond donors (Lipinski definition) is 3. The lowest BCUT2D eigenvalue weighted by molar-refractivity contribution is -0.143. The molecule has 0 aliphatic carbocycles. The van der Waals surface area contributed by atoms with Gasteiger partial charge >= 0.3 is 5.97 Å². The number of nitrogens with one attached hydrogen (secondary N) is 1. The van der Waals surface area contributed by atoms with Gasteiger partial charge in [-0.1, -0.05) is 296 Å². The lowest BCUT2D eigenvalue weighted by Gasteiger charge is -2.20. The number of amides is 1. The molecule has 1 amide bonds. The summed E-state index contributed by atoms with van der Waals surface area (Å²) < 4.78 is 5.46. The van der Waals surface area contributed by atoms with Crippen LogP contribution in [0.25, 0.3) is 0 Å². The molecule has 0 aromatic carbocycles. The van der Waals surface area contributed by atoms with Crippen molar-refractivity contribution < 1.29 is 24.5 Å². The van der Waals surface area contributed by atoms with Crippen molar-refractivity contribution in [1.29, 1.82) is 0 Å². The van der Waals surface area contributed by atoms with E-state index in [1.54, 1.807) is 6.08 Å². The second kappa shape index (κ2) is 55.2. The van der Waals surface area contributed by atoms with Gasteiger partial charge in [-0.15, -0.1) is 0 Å². The number of carbonyl (C=O) groups excluding carboxylic acids is 2. The molecule has 0 saturated carbocycles. The van der Waals surface area contributed by atoms with Gasteiger partial charge in [0.25, 0.3) is 0 Å². The van der Waals surface area contributed by atoms with Crippen LogP contribution in [-0.4, -0.2) is 47.4 Å². The molecule has 0 aromatic heterocycles. The quantitative estimate of drug-likeness (QED) is 0.0321. The van der Waals surface area contributed by atoms with Crippen molar-refractivity contribution >= 4 is 11.9 Å². The van der Waals surface area contributed by atoms with Crippen LogP contribution in [0.2, 0.25) is 0 Å². The fourth-order valence-electron chi connectivity index (χ4n) is 9.28. The number of aliphatic hydroxyl groups is 2. The van der Waals surface area contributed by atoms with Gasteiger partial charge in [0.05, 0.1) is 25.4 Å². The van der Waals surface area contributed by atoms with Crippen molar-refractivity contribution in [2.24, 2.45) is 0 Å². The van der Waals surface area contributed by atoms with Gasteiger partial charge in [-0.25, -0.2) is 0 Å². The van der Waals surface area contributed by atoms with E-state index in [0.717, 1.165) is 57.8 Å². The third-order valence-corrected chi connectivity index (χ3v) is 13.8. The molecule has 0 rings (SSSR count). The van der Waals surface area contributed by atoms with E-state index in [-0.39, 0.29) is 18.5 Å². The molecule has 0 aliphatic rings. The maximum absolute atomic E-state index is 12.5. The highest BCUT2D eigenvalue weighted by Gasteiger charge is 2.18. The van der Waals surface area contributed by atoms with E-state index in [2.05, 4.69) is 19.2 Å². The van der Waals surface area contributed by atoms with E-state index in [1.165, 1.54) is 244 Å². The van der Waals surface area contributed by atoms with Crippen LogP contribution in [0.5, 0.6) is 0 Å². The lowest BCUT2D eigenvalue weighted by Crippen LogP contribution is -2.45. The number of esters is 1. The molecule has 6 nitrogen and oxygen atoms in total. The van der Waals surface area contributed by atoms with Gasteiger partial charge in [0, 0.05) is 12.8 Å². The third kappa shape index (κ3) is 51.8. The van der Waals surface area contributed by atoms with Crippen molar-refractivity contribution in [3.05, 3.63) is 12.2 Å². The molecule has 386 valence electrons. The molecule has 0 saturated heterocycles. The topological polar surface area (TPSA) is 95.9 Å². The SMILES string of the molecule is CCCCCCCCCCCCCCCCCCCCCCCC/C=C/C(O)C(CO)NC(=O)CCCCCCCCCCCOC(=O)CCCCCCCCCCCCCCCCC. The molecule has 0 fully saturated rings. The Labute approximate surface area is 406 Å². The minimum absolute atomic E-state index is 0.0232. The van der Waals surface area contributed by atoms with Crippen LogP contribution in [-0.2, 0) is 14.3 Å². The second-order valence-corrected chi connectivity index (χ2v) is 20.3. The van der Waals surface area contributed by atoms with Crippen LogP contribution in [0.1, 0.15) is 328 Å². The molecule has 3 N–H and O–H groups in total. The Morgan fingerprint density at radius 2 is 0.708 bits per heavy atom. The smallest absolute Gasteiger partial charge is 0.305 e. The van der Waals surface area contributed by atoms with E-state index in [4.69, 9.17) is 4.74 Å². The fraction of sp³-hybridized carbons (Fsp3) is 0.932. The van der Waals surface area contributed by atoms with E-state index in [0.29, 0.717) is 19.4 Å². The van der Waals surface area contributed by atoms with E-state index in [1.807, 2.05) is 6.08 Å². The summed E-state index contributed by atoms with van der Waals surface area (Å²) in [7, 11) is 0. The van der Waals surface area contributed by atoms with Gasteiger partial charge in [-0.05, 0) is 32.1 Å². The number of hydrogen-bond acceptors (Lipinski definition) is 5. The standard InChI is InChI=1S/C59H115NO5/c1-3-5-7-9-11-13-15-17-19-20-21-22-23-24-25-26-27-29-30-32-35-39-43-47-51-57(62)56(55-61)60-58(63)52-48-44-40-36-34-38-42-46-50-54-65-59(64)53-49-45-41-37-33-31-28-18-16-14-12-10-8-6-4-2/h47,51,56-57,61-62H,3-46,48-50,52-55H2,1-2H3,(H,60,63)/b51-47+. The van der Waals surface area contributed by atoms with Gasteiger partial charge in [0.2, 0.25) is 5.91 Å². The number of unbranched alkanes of at least 4 members (excludes halogenated alkanes) is 44. The fourth-order valence-corrected chi connectivity index (χ4v) is 9.28. The molecular formula is C59H115NO5. The molecule has 0 bridgehead atoms. The maximum Gasteiger partial charge on any atom is 0.305 e. The average molecular weight is 919 g/mol. The number of ether oxygens (including phenoxy) is 1. The summed E-state index contributed by atoms with van der Waals surface area (Å²) >= 11 is 0. The Balaban J connectivity index is 3.49. The van der Waals surface area contributed by atoms with Crippen LogP contribution in [0.3, 0.4) is 0 Å². The van der Waals surface area contributed by atoms with Crippen molar-refractivity contribution in [1.82, 2.24) is 5.32 Å². The largest absolute Gasteiger partial charge is 0.466 e. The third-order valence-electron chi connectivity index (χ3n) is 13.8. The molecule has 0 spiro atoms. The van der Waals surface area contributed by atoms with Crippen molar-refractivity contribution in [3.8, 4) is 0 Å². The first-order valence-electron chi connectivity index (χ1n) is 29.5. The first kappa shape index (κ1) is 63.6. The minimum atomic E-state index is -0.862. The highest BCUT2D eigenvalue weighted by atomic mass is 16.5. The summed E-state index contributed by atoms with van der Waals surface area (Å²) in [6, 6.07) is -0.648. The Morgan fingerprint density at radius 3 is 1.05 bits per heavy atom. The molecule has 6 heteroatoms. The van der Waals surface area contributed by atoms with E-state index < -0.39 is 12.1 Å². The summed E-state index contributed by atoms with van der Waals surface area (Å²) in [4.78, 5) is 24.5. The molecule has 2 unspecified atom stereocenters. The molecule has 2 atom stereocenters. The maximum atomic E-state index is 12.5. The van der Waals surface area contributed by atoms with Crippen LogP contribution in [0.15, 0.2) is 12.2 Å². The van der Waals surface area contributed by atoms with Gasteiger partial charge < -0.3 is 20.3 Å². The van der Waals surface area contributed by atoms with Crippen LogP contribution >= 0.6 is 0 Å². The Kier molecular flexibility index (Phi) is 54.0. The van der Waals surface area contributed by atoms with Gasteiger partial charge in [0.15, 0.2) is 0 Å². The Hall–Kier alpha value is -1.40. The van der Waals surface area contributed by atoms with Gasteiger partial charge in [0.1, 0.15) is 0 Å². The monoisotopic (exact) mass is 918 g/mol. The summed E-state index contributed by atoms with van der Waals surface area (Å²) in [5.74, 6) is -0.114. The highest BCUT2D eigenvalue weighted by molar-refractivity contribution is 5.76. The molecule has 0 heterocycles. The molecular weight excluding hydrogens is 803 g/mol. The first-order valence-corrected chi connectivity index (χ1v) is 29.5. The summed E-state index contributed by atoms with van der Waals surface area (Å²) in [5.41, 5.74) is 0. The van der Waals surface area contributed by atoms with Crippen molar-refractivity contribution in [2.45, 2.75) is 341 Å². The number of rotatable bonds is 55. The van der Waals surface area contributed by atoms with Crippen LogP contribution in [0, 0.1) is 0 Å². The Morgan fingerprint density at radius 1 is 0.415 bits per heavy atom. The van der Waals surface area contributed by atoms with E-state index >= 15 is 0 Å². The zero-order chi connectivity index (χ0) is 47.2. The zero-order valence-corrected chi connectivity index (χ0v) is 44.0. The van der Waals surface area contributed by atoms with Gasteiger partial charge in [-0.3, -0.25) is 9.59 Å². The molecule has 0 aromatic rings.